The van der Waals surface area contributed by atoms with Crippen LogP contribution in [-0.4, -0.2) is 12.6 Å². The number of para-hydroxylation sites is 1. The molecule has 4 nitrogen and oxygen atoms in total. The maximum Gasteiger partial charge on any atom is 0.323 e. The van der Waals surface area contributed by atoms with Crippen LogP contribution in [-0.2, 0) is 6.42 Å². The maximum atomic E-state index is 11.9. The van der Waals surface area contributed by atoms with Crippen molar-refractivity contribution in [1.29, 1.82) is 0 Å². The Hall–Kier alpha value is -2.49. The summed E-state index contributed by atoms with van der Waals surface area (Å²) in [6.45, 7) is 1.02. The Morgan fingerprint density at radius 1 is 1.00 bits per heavy atom. The molecule has 2 aromatic carbocycles. The predicted molar refractivity (Wildman–Crippen MR) is 82.3 cm³/mol. The van der Waals surface area contributed by atoms with Gasteiger partial charge in [-0.2, -0.15) is 0 Å². The largest absolute Gasteiger partial charge is 0.385 e. The molecule has 102 valence electrons. The molecule has 3 rings (SSSR count). The second kappa shape index (κ2) is 5.65. The first-order valence-electron chi connectivity index (χ1n) is 6.81. The minimum Gasteiger partial charge on any atom is -0.385 e. The van der Waals surface area contributed by atoms with Crippen LogP contribution in [0.1, 0.15) is 12.0 Å². The highest BCUT2D eigenvalue weighted by Crippen LogP contribution is 2.25. The third-order valence-electron chi connectivity index (χ3n) is 3.33. The first kappa shape index (κ1) is 12.5. The summed E-state index contributed by atoms with van der Waals surface area (Å²) in [5, 5.41) is 9.02. The van der Waals surface area contributed by atoms with E-state index in [9.17, 15) is 4.79 Å². The zero-order valence-corrected chi connectivity index (χ0v) is 11.1. The Morgan fingerprint density at radius 2 is 1.80 bits per heavy atom. The third kappa shape index (κ3) is 2.91. The number of fused-ring (bicyclic) bond motifs is 1. The Labute approximate surface area is 118 Å². The van der Waals surface area contributed by atoms with Gasteiger partial charge in [0.25, 0.3) is 0 Å². The van der Waals surface area contributed by atoms with E-state index >= 15 is 0 Å². The average Bonchev–Trinajstić information content (AvgIpc) is 2.48. The molecule has 0 atom stereocenters. The number of rotatable bonds is 2. The summed E-state index contributed by atoms with van der Waals surface area (Å²) < 4.78 is 0. The molecule has 0 aliphatic carbocycles. The number of amides is 2. The molecule has 0 spiro atoms. The lowest BCUT2D eigenvalue weighted by Crippen LogP contribution is -2.20. The van der Waals surface area contributed by atoms with E-state index in [2.05, 4.69) is 16.0 Å². The Balaban J connectivity index is 1.67. The standard InChI is InChI=1S/C16H17N3O/c20-16(18-13-6-2-1-3-7-13)19-14-8-9-15-12(11-14)5-4-10-17-15/h1-3,6-9,11,17H,4-5,10H2,(H2,18,19,20). The predicted octanol–water partition coefficient (Wildman–Crippen LogP) is 3.69. The minimum atomic E-state index is -0.222. The second-order valence-corrected chi connectivity index (χ2v) is 4.85. The van der Waals surface area contributed by atoms with E-state index in [1.165, 1.54) is 11.3 Å². The number of nitrogens with one attached hydrogen (secondary N) is 3. The summed E-state index contributed by atoms with van der Waals surface area (Å²) in [5.74, 6) is 0. The minimum absolute atomic E-state index is 0.222. The van der Waals surface area contributed by atoms with Crippen molar-refractivity contribution in [2.45, 2.75) is 12.8 Å². The SMILES string of the molecule is O=C(Nc1ccccc1)Nc1ccc2c(c1)CCCN2. The summed E-state index contributed by atoms with van der Waals surface area (Å²) >= 11 is 0. The molecule has 1 aliphatic rings. The molecule has 3 N–H and O–H groups in total. The fourth-order valence-corrected chi connectivity index (χ4v) is 2.37. The number of benzene rings is 2. The van der Waals surface area contributed by atoms with E-state index in [-0.39, 0.29) is 6.03 Å². The Morgan fingerprint density at radius 3 is 2.65 bits per heavy atom. The van der Waals surface area contributed by atoms with Crippen molar-refractivity contribution in [3.8, 4) is 0 Å². The zero-order chi connectivity index (χ0) is 13.8. The van der Waals surface area contributed by atoms with Crippen molar-refractivity contribution in [2.75, 3.05) is 22.5 Å². The van der Waals surface area contributed by atoms with Gasteiger partial charge in [-0.3, -0.25) is 0 Å². The van der Waals surface area contributed by atoms with Crippen molar-refractivity contribution in [2.24, 2.45) is 0 Å². The zero-order valence-electron chi connectivity index (χ0n) is 11.1. The second-order valence-electron chi connectivity index (χ2n) is 4.85. The Kier molecular flexibility index (Phi) is 3.54. The molecule has 1 aliphatic heterocycles. The van der Waals surface area contributed by atoms with Crippen LogP contribution in [0.4, 0.5) is 21.9 Å². The van der Waals surface area contributed by atoms with Crippen molar-refractivity contribution >= 4 is 23.1 Å². The van der Waals surface area contributed by atoms with Gasteiger partial charge in [0.1, 0.15) is 0 Å². The van der Waals surface area contributed by atoms with Gasteiger partial charge in [0.05, 0.1) is 0 Å². The Bertz CT molecular complexity index is 610. The summed E-state index contributed by atoms with van der Waals surface area (Å²) in [5.41, 5.74) is 4.03. The fraction of sp³-hybridized carbons (Fsp3) is 0.188. The summed E-state index contributed by atoms with van der Waals surface area (Å²) in [6.07, 6.45) is 2.19. The average molecular weight is 267 g/mol. The number of urea groups is 1. The highest BCUT2D eigenvalue weighted by Gasteiger charge is 2.10. The number of anilines is 3. The van der Waals surface area contributed by atoms with E-state index < -0.39 is 0 Å². The van der Waals surface area contributed by atoms with Crippen molar-refractivity contribution < 1.29 is 4.79 Å². The van der Waals surface area contributed by atoms with Crippen molar-refractivity contribution in [3.63, 3.8) is 0 Å². The van der Waals surface area contributed by atoms with Crippen LogP contribution >= 0.6 is 0 Å². The van der Waals surface area contributed by atoms with E-state index in [0.717, 1.165) is 30.8 Å². The number of aryl methyl sites for hydroxylation is 1. The summed E-state index contributed by atoms with van der Waals surface area (Å²) in [7, 11) is 0. The van der Waals surface area contributed by atoms with E-state index in [0.29, 0.717) is 0 Å². The molecule has 20 heavy (non-hydrogen) atoms. The van der Waals surface area contributed by atoms with Crippen LogP contribution in [0.5, 0.6) is 0 Å². The summed E-state index contributed by atoms with van der Waals surface area (Å²) in [4.78, 5) is 11.9. The third-order valence-corrected chi connectivity index (χ3v) is 3.33. The van der Waals surface area contributed by atoms with E-state index in [1.807, 2.05) is 48.5 Å². The van der Waals surface area contributed by atoms with Gasteiger partial charge in [0, 0.05) is 23.6 Å². The fourth-order valence-electron chi connectivity index (χ4n) is 2.37. The molecule has 4 heteroatoms. The van der Waals surface area contributed by atoms with Crippen LogP contribution in [0.25, 0.3) is 0 Å². The van der Waals surface area contributed by atoms with Gasteiger partial charge >= 0.3 is 6.03 Å². The molecule has 0 saturated heterocycles. The van der Waals surface area contributed by atoms with Crippen LogP contribution in [0, 0.1) is 0 Å². The van der Waals surface area contributed by atoms with Gasteiger partial charge < -0.3 is 16.0 Å². The van der Waals surface area contributed by atoms with Gasteiger partial charge in [-0.1, -0.05) is 18.2 Å². The van der Waals surface area contributed by atoms with Crippen LogP contribution in [0.2, 0.25) is 0 Å². The van der Waals surface area contributed by atoms with Crippen LogP contribution in [0.3, 0.4) is 0 Å². The van der Waals surface area contributed by atoms with Crippen LogP contribution < -0.4 is 16.0 Å². The van der Waals surface area contributed by atoms with E-state index in [1.54, 1.807) is 0 Å². The normalized spacial score (nSPS) is 13.0. The van der Waals surface area contributed by atoms with Gasteiger partial charge in [-0.25, -0.2) is 4.79 Å². The molecule has 0 fully saturated rings. The molecular formula is C16H17N3O. The monoisotopic (exact) mass is 267 g/mol. The molecule has 0 bridgehead atoms. The quantitative estimate of drug-likeness (QED) is 0.777. The van der Waals surface area contributed by atoms with E-state index in [4.69, 9.17) is 0 Å². The molecule has 2 aromatic rings. The van der Waals surface area contributed by atoms with Gasteiger partial charge in [-0.05, 0) is 48.7 Å². The van der Waals surface area contributed by atoms with Gasteiger partial charge in [-0.15, -0.1) is 0 Å². The van der Waals surface area contributed by atoms with Crippen molar-refractivity contribution in [3.05, 3.63) is 54.1 Å². The number of carbonyl (C=O) groups excluding carboxylic acids is 1. The molecule has 0 radical (unpaired) electrons. The molecule has 1 heterocycles. The highest BCUT2D eigenvalue weighted by molar-refractivity contribution is 5.99. The number of hydrogen-bond donors (Lipinski definition) is 3. The summed E-state index contributed by atoms with van der Waals surface area (Å²) in [6, 6.07) is 15.2. The topological polar surface area (TPSA) is 53.2 Å². The smallest absolute Gasteiger partial charge is 0.323 e. The highest BCUT2D eigenvalue weighted by atomic mass is 16.2. The molecular weight excluding hydrogens is 250 g/mol. The van der Waals surface area contributed by atoms with Gasteiger partial charge in [0.15, 0.2) is 0 Å². The lowest BCUT2D eigenvalue weighted by atomic mass is 10.0. The van der Waals surface area contributed by atoms with Gasteiger partial charge in [0.2, 0.25) is 0 Å². The molecule has 2 amide bonds. The molecule has 0 unspecified atom stereocenters. The molecule has 0 saturated carbocycles. The number of carbonyl (C=O) groups is 1. The maximum absolute atomic E-state index is 11.9. The first-order valence-corrected chi connectivity index (χ1v) is 6.81. The lowest BCUT2D eigenvalue weighted by Gasteiger charge is -2.18. The van der Waals surface area contributed by atoms with Crippen LogP contribution in [0.15, 0.2) is 48.5 Å². The van der Waals surface area contributed by atoms with Crippen molar-refractivity contribution in [1.82, 2.24) is 0 Å². The first-order chi connectivity index (χ1) is 9.81. The molecule has 0 aromatic heterocycles. The number of hydrogen-bond acceptors (Lipinski definition) is 2. The lowest BCUT2D eigenvalue weighted by molar-refractivity contribution is 0.262.